The highest BCUT2D eigenvalue weighted by Gasteiger charge is 2.32. The second kappa shape index (κ2) is 4.98. The number of aliphatic imine (C=N–C) groups is 1. The normalized spacial score (nSPS) is 20.1. The molecule has 1 aliphatic rings. The molecule has 2 nitrogen and oxygen atoms in total. The SMILES string of the molecule is CC(C)(C)N=C1C=C(C(C)(C)C)C=C(C(C)(C)C)C1=O. The number of Topliss-reactive ketones (excluding diaryl/α,β-unsaturated/α-hetero) is 1. The quantitative estimate of drug-likeness (QED) is 0.586. The predicted octanol–water partition coefficient (Wildman–Crippen LogP) is 4.75. The van der Waals surface area contributed by atoms with Crippen LogP contribution in [0.4, 0.5) is 0 Å². The van der Waals surface area contributed by atoms with Crippen LogP contribution >= 0.6 is 0 Å². The van der Waals surface area contributed by atoms with Crippen LogP contribution in [0, 0.1) is 10.8 Å². The van der Waals surface area contributed by atoms with Crippen molar-refractivity contribution in [3.8, 4) is 0 Å². The third-order valence-corrected chi connectivity index (χ3v) is 3.20. The Morgan fingerprint density at radius 2 is 1.30 bits per heavy atom. The number of allylic oxidation sites excluding steroid dienone is 4. The lowest BCUT2D eigenvalue weighted by Crippen LogP contribution is -2.30. The first-order valence-corrected chi connectivity index (χ1v) is 7.31. The van der Waals surface area contributed by atoms with Crippen LogP contribution in [-0.2, 0) is 4.79 Å². The van der Waals surface area contributed by atoms with E-state index >= 15 is 0 Å². The lowest BCUT2D eigenvalue weighted by Gasteiger charge is -2.30. The highest BCUT2D eigenvalue weighted by molar-refractivity contribution is 6.51. The van der Waals surface area contributed by atoms with Gasteiger partial charge in [0.15, 0.2) is 0 Å². The summed E-state index contributed by atoms with van der Waals surface area (Å²) < 4.78 is 0. The van der Waals surface area contributed by atoms with Crippen molar-refractivity contribution in [2.45, 2.75) is 67.9 Å². The van der Waals surface area contributed by atoms with Gasteiger partial charge in [-0.05, 0) is 43.3 Å². The van der Waals surface area contributed by atoms with E-state index in [1.54, 1.807) is 0 Å². The van der Waals surface area contributed by atoms with Crippen LogP contribution in [-0.4, -0.2) is 17.0 Å². The molecule has 0 aliphatic heterocycles. The highest BCUT2D eigenvalue weighted by Crippen LogP contribution is 2.36. The van der Waals surface area contributed by atoms with Crippen LogP contribution in [0.15, 0.2) is 28.3 Å². The van der Waals surface area contributed by atoms with Crippen molar-refractivity contribution < 1.29 is 4.79 Å². The number of ketones is 1. The Balaban J connectivity index is 3.46. The average molecular weight is 275 g/mol. The fourth-order valence-corrected chi connectivity index (χ4v) is 2.05. The molecule has 0 aromatic carbocycles. The van der Waals surface area contributed by atoms with E-state index in [1.165, 1.54) is 5.57 Å². The van der Waals surface area contributed by atoms with Gasteiger partial charge in [0.25, 0.3) is 0 Å². The molecule has 0 amide bonds. The summed E-state index contributed by atoms with van der Waals surface area (Å²) in [6.07, 6.45) is 4.02. The predicted molar refractivity (Wildman–Crippen MR) is 87.3 cm³/mol. The molecule has 1 aliphatic carbocycles. The Labute approximate surface area is 124 Å². The van der Waals surface area contributed by atoms with E-state index in [2.05, 4.69) is 52.6 Å². The number of carbonyl (C=O) groups excluding carboxylic acids is 1. The number of rotatable bonds is 0. The van der Waals surface area contributed by atoms with E-state index in [0.717, 1.165) is 5.57 Å². The summed E-state index contributed by atoms with van der Waals surface area (Å²) in [6.45, 7) is 18.8. The van der Waals surface area contributed by atoms with Crippen LogP contribution in [0.25, 0.3) is 0 Å². The monoisotopic (exact) mass is 275 g/mol. The van der Waals surface area contributed by atoms with Crippen molar-refractivity contribution in [1.29, 1.82) is 0 Å². The molecule has 0 spiro atoms. The van der Waals surface area contributed by atoms with Crippen molar-refractivity contribution in [2.24, 2.45) is 15.8 Å². The molecule has 0 unspecified atom stereocenters. The standard InChI is InChI=1S/C18H29NO/c1-16(2,3)12-10-13(17(4,5)6)15(20)14(11-12)19-18(7,8)9/h10-11H,1-9H3. The summed E-state index contributed by atoms with van der Waals surface area (Å²) in [6, 6.07) is 0. The molecular formula is C18H29NO. The van der Waals surface area contributed by atoms with Crippen molar-refractivity contribution in [3.63, 3.8) is 0 Å². The van der Waals surface area contributed by atoms with E-state index in [9.17, 15) is 4.79 Å². The van der Waals surface area contributed by atoms with Crippen LogP contribution in [0.2, 0.25) is 0 Å². The van der Waals surface area contributed by atoms with Crippen molar-refractivity contribution in [2.75, 3.05) is 0 Å². The van der Waals surface area contributed by atoms with Gasteiger partial charge in [-0.1, -0.05) is 47.6 Å². The molecule has 0 atom stereocenters. The zero-order valence-electron chi connectivity index (χ0n) is 14.5. The van der Waals surface area contributed by atoms with Crippen molar-refractivity contribution in [3.05, 3.63) is 23.3 Å². The molecule has 0 aromatic heterocycles. The first kappa shape index (κ1) is 16.9. The fourth-order valence-electron chi connectivity index (χ4n) is 2.05. The summed E-state index contributed by atoms with van der Waals surface area (Å²) in [5.74, 6) is 0.0698. The molecule has 20 heavy (non-hydrogen) atoms. The lowest BCUT2D eigenvalue weighted by atomic mass is 9.74. The minimum Gasteiger partial charge on any atom is -0.287 e. The third kappa shape index (κ3) is 4.16. The van der Waals surface area contributed by atoms with Crippen molar-refractivity contribution >= 4 is 11.5 Å². The van der Waals surface area contributed by atoms with E-state index in [-0.39, 0.29) is 22.2 Å². The minimum absolute atomic E-state index is 0.00978. The van der Waals surface area contributed by atoms with E-state index in [0.29, 0.717) is 5.71 Å². The smallest absolute Gasteiger partial charge is 0.207 e. The van der Waals surface area contributed by atoms with E-state index < -0.39 is 0 Å². The number of hydrogen-bond acceptors (Lipinski definition) is 2. The molecule has 0 aromatic rings. The molecule has 1 rings (SSSR count). The largest absolute Gasteiger partial charge is 0.287 e. The molecule has 112 valence electrons. The summed E-state index contributed by atoms with van der Waals surface area (Å²) in [7, 11) is 0. The van der Waals surface area contributed by atoms with Crippen molar-refractivity contribution in [1.82, 2.24) is 0 Å². The van der Waals surface area contributed by atoms with Crippen LogP contribution in [0.3, 0.4) is 0 Å². The Morgan fingerprint density at radius 1 is 0.800 bits per heavy atom. The molecular weight excluding hydrogens is 246 g/mol. The molecule has 0 saturated carbocycles. The van der Waals surface area contributed by atoms with Gasteiger partial charge in [0.1, 0.15) is 5.71 Å². The third-order valence-electron chi connectivity index (χ3n) is 3.20. The summed E-state index contributed by atoms with van der Waals surface area (Å²) >= 11 is 0. The summed E-state index contributed by atoms with van der Waals surface area (Å²) in [5.41, 5.74) is 2.22. The van der Waals surface area contributed by atoms with Gasteiger partial charge in [-0.25, -0.2) is 0 Å². The molecule has 0 fully saturated rings. The number of carbonyl (C=O) groups is 1. The Hall–Kier alpha value is -1.18. The molecule has 0 N–H and O–H groups in total. The second-order valence-corrected chi connectivity index (χ2v) is 8.65. The van der Waals surface area contributed by atoms with Crippen LogP contribution in [0.5, 0.6) is 0 Å². The highest BCUT2D eigenvalue weighted by atomic mass is 16.1. The van der Waals surface area contributed by atoms with Gasteiger partial charge < -0.3 is 0 Å². The number of nitrogens with zero attached hydrogens (tertiary/aromatic N) is 1. The summed E-state index contributed by atoms with van der Waals surface area (Å²) in [5, 5.41) is 0. The van der Waals surface area contributed by atoms with Gasteiger partial charge in [0.2, 0.25) is 5.78 Å². The molecule has 0 radical (unpaired) electrons. The van der Waals surface area contributed by atoms with Gasteiger partial charge >= 0.3 is 0 Å². The van der Waals surface area contributed by atoms with E-state index in [1.807, 2.05) is 26.8 Å². The Morgan fingerprint density at radius 3 is 1.65 bits per heavy atom. The average Bonchev–Trinajstić information content (AvgIpc) is 2.15. The first-order chi connectivity index (χ1) is 8.72. The number of hydrogen-bond donors (Lipinski definition) is 0. The molecule has 0 saturated heterocycles. The maximum atomic E-state index is 12.7. The van der Waals surface area contributed by atoms with Gasteiger partial charge in [-0.3, -0.25) is 9.79 Å². The zero-order chi connectivity index (χ0) is 15.9. The summed E-state index contributed by atoms with van der Waals surface area (Å²) in [4.78, 5) is 17.3. The zero-order valence-corrected chi connectivity index (χ0v) is 14.5. The minimum atomic E-state index is -0.245. The lowest BCUT2D eigenvalue weighted by molar-refractivity contribution is -0.110. The van der Waals surface area contributed by atoms with Gasteiger partial charge in [-0.15, -0.1) is 0 Å². The van der Waals surface area contributed by atoms with Gasteiger partial charge in [0, 0.05) is 5.57 Å². The van der Waals surface area contributed by atoms with Crippen LogP contribution in [0.1, 0.15) is 62.3 Å². The fraction of sp³-hybridized carbons (Fsp3) is 0.667. The molecule has 0 heterocycles. The maximum absolute atomic E-state index is 12.7. The second-order valence-electron chi connectivity index (χ2n) is 8.65. The maximum Gasteiger partial charge on any atom is 0.207 e. The van der Waals surface area contributed by atoms with Gasteiger partial charge in [0.05, 0.1) is 5.54 Å². The van der Waals surface area contributed by atoms with Gasteiger partial charge in [-0.2, -0.15) is 0 Å². The van der Waals surface area contributed by atoms with Crippen LogP contribution < -0.4 is 0 Å². The Kier molecular flexibility index (Phi) is 4.20. The molecule has 2 heteroatoms. The topological polar surface area (TPSA) is 29.4 Å². The molecule has 0 bridgehead atoms. The first-order valence-electron chi connectivity index (χ1n) is 7.31. The van der Waals surface area contributed by atoms with E-state index in [4.69, 9.17) is 0 Å². The Bertz CT molecular complexity index is 497.